The molecule has 194 valence electrons. The van der Waals surface area contributed by atoms with Gasteiger partial charge in [-0.15, -0.1) is 23.1 Å². The molecule has 0 bridgehead atoms. The van der Waals surface area contributed by atoms with Crippen LogP contribution in [0.5, 0.6) is 11.5 Å². The summed E-state index contributed by atoms with van der Waals surface area (Å²) in [6.45, 7) is 0. The molecular weight excluding hydrogens is 518 g/mol. The summed E-state index contributed by atoms with van der Waals surface area (Å²) in [6, 6.07) is 22.8. The number of amides is 2. The molecular formula is C29H27N3O4S2. The first-order valence-electron chi connectivity index (χ1n) is 12.2. The molecule has 4 aromatic rings. The second kappa shape index (κ2) is 11.7. The molecule has 1 aromatic heterocycles. The van der Waals surface area contributed by atoms with Crippen molar-refractivity contribution in [2.24, 2.45) is 5.92 Å². The Labute approximate surface area is 229 Å². The SMILES string of the molecule is COc1ccc(-c2csc(NC(=O)C(Sc3ccc(NC(=O)C4CC4)cc3)c3ccccc3)n2)cc1OC. The van der Waals surface area contributed by atoms with Crippen molar-refractivity contribution < 1.29 is 19.1 Å². The number of carbonyl (C=O) groups is 2. The Morgan fingerprint density at radius 1 is 0.947 bits per heavy atom. The first-order chi connectivity index (χ1) is 18.5. The number of nitrogens with zero attached hydrogens (tertiary/aromatic N) is 1. The zero-order chi connectivity index (χ0) is 26.5. The van der Waals surface area contributed by atoms with Crippen molar-refractivity contribution in [3.63, 3.8) is 0 Å². The minimum atomic E-state index is -0.489. The highest BCUT2D eigenvalue weighted by molar-refractivity contribution is 8.00. The van der Waals surface area contributed by atoms with Crippen LogP contribution in [0.25, 0.3) is 11.3 Å². The molecule has 9 heteroatoms. The van der Waals surface area contributed by atoms with Gasteiger partial charge in [-0.2, -0.15) is 0 Å². The predicted octanol–water partition coefficient (Wildman–Crippen LogP) is 6.65. The fourth-order valence-corrected chi connectivity index (χ4v) is 5.62. The third-order valence-corrected chi connectivity index (χ3v) is 8.10. The average molecular weight is 546 g/mol. The van der Waals surface area contributed by atoms with Crippen LogP contribution in [0, 0.1) is 5.92 Å². The van der Waals surface area contributed by atoms with E-state index in [1.54, 1.807) is 14.2 Å². The Balaban J connectivity index is 1.31. The molecule has 3 aromatic carbocycles. The number of aromatic nitrogens is 1. The Bertz CT molecular complexity index is 1420. The van der Waals surface area contributed by atoms with Crippen LogP contribution in [0.4, 0.5) is 10.8 Å². The van der Waals surface area contributed by atoms with Crippen LogP contribution >= 0.6 is 23.1 Å². The summed E-state index contributed by atoms with van der Waals surface area (Å²) in [5, 5.41) is 7.87. The second-order valence-corrected chi connectivity index (χ2v) is 10.8. The molecule has 0 aliphatic heterocycles. The lowest BCUT2D eigenvalue weighted by molar-refractivity contribution is -0.117. The molecule has 2 N–H and O–H groups in total. The number of ether oxygens (including phenoxy) is 2. The van der Waals surface area contributed by atoms with Gasteiger partial charge in [0, 0.05) is 27.4 Å². The van der Waals surface area contributed by atoms with Gasteiger partial charge in [0.2, 0.25) is 11.8 Å². The molecule has 0 spiro atoms. The van der Waals surface area contributed by atoms with Gasteiger partial charge in [0.15, 0.2) is 16.6 Å². The third-order valence-electron chi connectivity index (χ3n) is 6.08. The smallest absolute Gasteiger partial charge is 0.244 e. The number of methoxy groups -OCH3 is 2. The van der Waals surface area contributed by atoms with E-state index in [0.29, 0.717) is 16.6 Å². The van der Waals surface area contributed by atoms with Crippen LogP contribution in [-0.2, 0) is 9.59 Å². The molecule has 7 nitrogen and oxygen atoms in total. The lowest BCUT2D eigenvalue weighted by atomic mass is 10.1. The van der Waals surface area contributed by atoms with E-state index in [4.69, 9.17) is 9.47 Å². The maximum atomic E-state index is 13.5. The maximum Gasteiger partial charge on any atom is 0.244 e. The van der Waals surface area contributed by atoms with Crippen LogP contribution in [0.3, 0.4) is 0 Å². The topological polar surface area (TPSA) is 89.6 Å². The first kappa shape index (κ1) is 25.8. The van der Waals surface area contributed by atoms with Crippen molar-refractivity contribution >= 4 is 45.7 Å². The quantitative estimate of drug-likeness (QED) is 0.217. The molecule has 1 aliphatic carbocycles. The molecule has 1 atom stereocenters. The van der Waals surface area contributed by atoms with Gasteiger partial charge in [0.05, 0.1) is 19.9 Å². The molecule has 1 aliphatic rings. The van der Waals surface area contributed by atoms with E-state index in [1.807, 2.05) is 78.2 Å². The minimum Gasteiger partial charge on any atom is -0.493 e. The standard InChI is InChI=1S/C29H27N3O4S2/c1-35-24-15-10-20(16-25(24)36-2)23-17-37-29(31-23)32-28(34)26(18-6-4-3-5-7-18)38-22-13-11-21(12-14-22)30-27(33)19-8-9-19/h3-7,10-17,19,26H,8-9H2,1-2H3,(H,30,33)(H,31,32,34). The lowest BCUT2D eigenvalue weighted by Gasteiger charge is -2.16. The third kappa shape index (κ3) is 6.17. The molecule has 38 heavy (non-hydrogen) atoms. The molecule has 0 saturated heterocycles. The van der Waals surface area contributed by atoms with Crippen LogP contribution < -0.4 is 20.1 Å². The fraction of sp³-hybridized carbons (Fsp3) is 0.207. The Hall–Kier alpha value is -3.82. The summed E-state index contributed by atoms with van der Waals surface area (Å²) in [6.07, 6.45) is 1.92. The van der Waals surface area contributed by atoms with E-state index in [0.717, 1.165) is 40.2 Å². The van der Waals surface area contributed by atoms with Crippen molar-refractivity contribution in [1.82, 2.24) is 4.98 Å². The van der Waals surface area contributed by atoms with Gasteiger partial charge < -0.3 is 20.1 Å². The van der Waals surface area contributed by atoms with Crippen molar-refractivity contribution in [2.45, 2.75) is 23.0 Å². The number of anilines is 2. The van der Waals surface area contributed by atoms with E-state index in [2.05, 4.69) is 15.6 Å². The highest BCUT2D eigenvalue weighted by atomic mass is 32.2. The number of thiazole rings is 1. The average Bonchev–Trinajstić information content (AvgIpc) is 3.71. The van der Waals surface area contributed by atoms with Crippen molar-refractivity contribution in [1.29, 1.82) is 0 Å². The molecule has 1 heterocycles. The number of benzene rings is 3. The van der Waals surface area contributed by atoms with Gasteiger partial charge in [0.25, 0.3) is 0 Å². The van der Waals surface area contributed by atoms with Crippen LogP contribution in [0.2, 0.25) is 0 Å². The second-order valence-electron chi connectivity index (χ2n) is 8.79. The van der Waals surface area contributed by atoms with Crippen molar-refractivity contribution in [2.75, 3.05) is 24.9 Å². The monoisotopic (exact) mass is 545 g/mol. The first-order valence-corrected chi connectivity index (χ1v) is 13.9. The molecule has 2 amide bonds. The van der Waals surface area contributed by atoms with Crippen molar-refractivity contribution in [3.05, 3.63) is 83.7 Å². The van der Waals surface area contributed by atoms with E-state index in [9.17, 15) is 9.59 Å². The number of rotatable bonds is 10. The van der Waals surface area contributed by atoms with Crippen LogP contribution in [-0.4, -0.2) is 31.0 Å². The normalized spacial score (nSPS) is 13.4. The number of thioether (sulfide) groups is 1. The number of hydrogen-bond acceptors (Lipinski definition) is 7. The Morgan fingerprint density at radius 3 is 2.37 bits per heavy atom. The summed E-state index contributed by atoms with van der Waals surface area (Å²) in [5.74, 6) is 1.31. The predicted molar refractivity (Wildman–Crippen MR) is 152 cm³/mol. The Kier molecular flexibility index (Phi) is 7.95. The summed E-state index contributed by atoms with van der Waals surface area (Å²) < 4.78 is 10.7. The van der Waals surface area contributed by atoms with Gasteiger partial charge in [-0.3, -0.25) is 9.59 Å². The summed E-state index contributed by atoms with van der Waals surface area (Å²) >= 11 is 2.81. The van der Waals surface area contributed by atoms with E-state index in [-0.39, 0.29) is 17.7 Å². The zero-order valence-corrected chi connectivity index (χ0v) is 22.6. The maximum absolute atomic E-state index is 13.5. The largest absolute Gasteiger partial charge is 0.493 e. The zero-order valence-electron chi connectivity index (χ0n) is 21.0. The lowest BCUT2D eigenvalue weighted by Crippen LogP contribution is -2.19. The molecule has 0 radical (unpaired) electrons. The van der Waals surface area contributed by atoms with Gasteiger partial charge >= 0.3 is 0 Å². The number of hydrogen-bond donors (Lipinski definition) is 2. The molecule has 1 fully saturated rings. The Morgan fingerprint density at radius 2 is 1.68 bits per heavy atom. The molecule has 1 unspecified atom stereocenters. The summed E-state index contributed by atoms with van der Waals surface area (Å²) in [4.78, 5) is 31.1. The van der Waals surface area contributed by atoms with Crippen molar-refractivity contribution in [3.8, 4) is 22.8 Å². The highest BCUT2D eigenvalue weighted by Gasteiger charge is 2.29. The van der Waals surface area contributed by atoms with Gasteiger partial charge in [-0.1, -0.05) is 30.3 Å². The van der Waals surface area contributed by atoms with E-state index >= 15 is 0 Å². The summed E-state index contributed by atoms with van der Waals surface area (Å²) in [7, 11) is 3.18. The molecule has 1 saturated carbocycles. The minimum absolute atomic E-state index is 0.0721. The number of nitrogens with one attached hydrogen (secondary N) is 2. The van der Waals surface area contributed by atoms with E-state index in [1.165, 1.54) is 23.1 Å². The van der Waals surface area contributed by atoms with E-state index < -0.39 is 5.25 Å². The van der Waals surface area contributed by atoms with Gasteiger partial charge in [-0.05, 0) is 60.9 Å². The number of carbonyl (C=O) groups excluding carboxylic acids is 2. The highest BCUT2D eigenvalue weighted by Crippen LogP contribution is 2.38. The van der Waals surface area contributed by atoms with Crippen LogP contribution in [0.15, 0.2) is 83.1 Å². The van der Waals surface area contributed by atoms with Gasteiger partial charge in [-0.25, -0.2) is 4.98 Å². The van der Waals surface area contributed by atoms with Gasteiger partial charge in [0.1, 0.15) is 5.25 Å². The summed E-state index contributed by atoms with van der Waals surface area (Å²) in [5.41, 5.74) is 3.25. The van der Waals surface area contributed by atoms with Crippen LogP contribution in [0.1, 0.15) is 23.7 Å². The fourth-order valence-electron chi connectivity index (χ4n) is 3.87. The molecule has 5 rings (SSSR count).